The molecule has 0 aromatic heterocycles. The van der Waals surface area contributed by atoms with Gasteiger partial charge < -0.3 is 15.5 Å². The predicted molar refractivity (Wildman–Crippen MR) is 109 cm³/mol. The number of fused-ring (bicyclic) bond motifs is 1. The monoisotopic (exact) mass is 404 g/mol. The van der Waals surface area contributed by atoms with Gasteiger partial charge in [-0.2, -0.15) is 13.2 Å². The lowest BCUT2D eigenvalue weighted by atomic mass is 10.0. The van der Waals surface area contributed by atoms with Crippen LogP contribution in [-0.4, -0.2) is 43.7 Å². The number of para-hydroxylation sites is 1. The topological polar surface area (TPSA) is 56.7 Å². The Hall–Kier alpha value is -2.87. The molecule has 2 unspecified atom stereocenters. The maximum Gasteiger partial charge on any atom is 0.418 e. The van der Waals surface area contributed by atoms with Crippen molar-refractivity contribution in [1.29, 1.82) is 0 Å². The van der Waals surface area contributed by atoms with Crippen LogP contribution in [0.3, 0.4) is 0 Å². The third-order valence-corrected chi connectivity index (χ3v) is 4.56. The number of carbonyl (C=O) groups excluding carboxylic acids is 1. The van der Waals surface area contributed by atoms with E-state index in [1.54, 1.807) is 24.3 Å². The zero-order chi connectivity index (χ0) is 21.2. The van der Waals surface area contributed by atoms with E-state index in [0.29, 0.717) is 12.2 Å². The van der Waals surface area contributed by atoms with Gasteiger partial charge in [0.05, 0.1) is 11.3 Å². The molecular weight excluding hydrogens is 381 g/mol. The van der Waals surface area contributed by atoms with Crippen molar-refractivity contribution in [2.75, 3.05) is 31.3 Å². The summed E-state index contributed by atoms with van der Waals surface area (Å²) in [6.45, 7) is 2.41. The Morgan fingerprint density at radius 1 is 1.24 bits per heavy atom. The number of nitrogens with zero attached hydrogens (tertiary/aromatic N) is 2. The lowest BCUT2D eigenvalue weighted by Gasteiger charge is -2.22. The Morgan fingerprint density at radius 3 is 2.66 bits per heavy atom. The highest BCUT2D eigenvalue weighted by atomic mass is 19.4. The molecule has 3 rings (SSSR count). The summed E-state index contributed by atoms with van der Waals surface area (Å²) in [5, 5.41) is 5.66. The Bertz CT molecular complexity index is 924. The molecule has 1 amide bonds. The van der Waals surface area contributed by atoms with Crippen molar-refractivity contribution < 1.29 is 18.0 Å². The lowest BCUT2D eigenvalue weighted by molar-refractivity contribution is -0.137. The van der Waals surface area contributed by atoms with E-state index in [1.807, 2.05) is 25.9 Å². The van der Waals surface area contributed by atoms with E-state index < -0.39 is 17.7 Å². The highest BCUT2D eigenvalue weighted by Crippen LogP contribution is 2.38. The minimum atomic E-state index is -4.52. The molecule has 0 saturated heterocycles. The summed E-state index contributed by atoms with van der Waals surface area (Å²) in [6, 6.07) is 10.9. The van der Waals surface area contributed by atoms with Crippen molar-refractivity contribution >= 4 is 29.2 Å². The summed E-state index contributed by atoms with van der Waals surface area (Å²) in [5.74, 6) is -0.875. The first-order chi connectivity index (χ1) is 13.6. The van der Waals surface area contributed by atoms with Gasteiger partial charge in [-0.1, -0.05) is 18.2 Å². The first kappa shape index (κ1) is 20.9. The maximum atomic E-state index is 13.6. The van der Waals surface area contributed by atoms with E-state index in [2.05, 4.69) is 15.6 Å². The van der Waals surface area contributed by atoms with Crippen LogP contribution in [0, 0.1) is 0 Å². The number of hydrogen-bond donors (Lipinski definition) is 2. The SMILES string of the molecule is CC(CN(C)C)Nc1ccc(N=CC2C(=O)Nc3ccccc32)cc1C(F)(F)F. The highest BCUT2D eigenvalue weighted by Gasteiger charge is 2.34. The Labute approximate surface area is 167 Å². The molecule has 154 valence electrons. The van der Waals surface area contributed by atoms with Gasteiger partial charge in [0, 0.05) is 30.2 Å². The molecule has 5 nitrogen and oxygen atoms in total. The third-order valence-electron chi connectivity index (χ3n) is 4.56. The molecule has 29 heavy (non-hydrogen) atoms. The van der Waals surface area contributed by atoms with Crippen LogP contribution in [0.5, 0.6) is 0 Å². The van der Waals surface area contributed by atoms with Crippen LogP contribution >= 0.6 is 0 Å². The molecule has 0 fully saturated rings. The minimum Gasteiger partial charge on any atom is -0.381 e. The molecule has 2 N–H and O–H groups in total. The Balaban J connectivity index is 1.85. The largest absolute Gasteiger partial charge is 0.418 e. The summed E-state index contributed by atoms with van der Waals surface area (Å²) >= 11 is 0. The Kier molecular flexibility index (Phi) is 5.93. The summed E-state index contributed by atoms with van der Waals surface area (Å²) in [6.07, 6.45) is -3.14. The highest BCUT2D eigenvalue weighted by molar-refractivity contribution is 6.12. The Morgan fingerprint density at radius 2 is 1.97 bits per heavy atom. The summed E-state index contributed by atoms with van der Waals surface area (Å²) in [5.41, 5.74) is 0.816. The number of nitrogens with one attached hydrogen (secondary N) is 2. The van der Waals surface area contributed by atoms with Gasteiger partial charge >= 0.3 is 6.18 Å². The molecule has 2 aromatic carbocycles. The van der Waals surface area contributed by atoms with Gasteiger partial charge in [0.15, 0.2) is 0 Å². The molecule has 1 heterocycles. The van der Waals surface area contributed by atoms with Crippen LogP contribution < -0.4 is 10.6 Å². The fourth-order valence-electron chi connectivity index (χ4n) is 3.37. The third kappa shape index (κ3) is 4.95. The molecule has 0 radical (unpaired) electrons. The molecule has 0 bridgehead atoms. The van der Waals surface area contributed by atoms with Crippen LogP contribution in [0.2, 0.25) is 0 Å². The molecule has 0 saturated carbocycles. The van der Waals surface area contributed by atoms with Crippen molar-refractivity contribution in [1.82, 2.24) is 4.90 Å². The van der Waals surface area contributed by atoms with Crippen molar-refractivity contribution in [2.45, 2.75) is 25.1 Å². The summed E-state index contributed by atoms with van der Waals surface area (Å²) in [7, 11) is 3.72. The second-order valence-electron chi connectivity index (χ2n) is 7.37. The maximum absolute atomic E-state index is 13.6. The molecular formula is C21H23F3N4O. The fraction of sp³-hybridized carbons (Fsp3) is 0.333. The van der Waals surface area contributed by atoms with Gasteiger partial charge in [-0.25, -0.2) is 0 Å². The minimum absolute atomic E-state index is 0.00903. The zero-order valence-electron chi connectivity index (χ0n) is 16.4. The number of alkyl halides is 3. The zero-order valence-corrected chi connectivity index (χ0v) is 16.4. The smallest absolute Gasteiger partial charge is 0.381 e. The number of halogens is 3. The van der Waals surface area contributed by atoms with Crippen LogP contribution in [0.1, 0.15) is 24.0 Å². The van der Waals surface area contributed by atoms with Gasteiger partial charge in [0.2, 0.25) is 5.91 Å². The molecule has 1 aliphatic rings. The van der Waals surface area contributed by atoms with E-state index >= 15 is 0 Å². The first-order valence-corrected chi connectivity index (χ1v) is 9.21. The normalized spacial score (nSPS) is 17.5. The number of rotatable bonds is 6. The van der Waals surface area contributed by atoms with Gasteiger partial charge in [-0.05, 0) is 50.8 Å². The van der Waals surface area contributed by atoms with Crippen LogP contribution in [-0.2, 0) is 11.0 Å². The molecule has 1 aliphatic heterocycles. The van der Waals surface area contributed by atoms with Crippen molar-refractivity contribution in [3.8, 4) is 0 Å². The van der Waals surface area contributed by atoms with Crippen molar-refractivity contribution in [2.24, 2.45) is 4.99 Å². The number of amides is 1. The second-order valence-corrected chi connectivity index (χ2v) is 7.37. The number of hydrogen-bond acceptors (Lipinski definition) is 4. The summed E-state index contributed by atoms with van der Waals surface area (Å²) in [4.78, 5) is 18.2. The molecule has 0 aliphatic carbocycles. The summed E-state index contributed by atoms with van der Waals surface area (Å²) < 4.78 is 40.7. The molecule has 8 heteroatoms. The standard InChI is InChI=1S/C21H23F3N4O/c1-13(12-28(2)3)26-19-9-8-14(10-17(19)21(22,23)24)25-11-16-15-6-4-5-7-18(15)27-20(16)29/h4-11,13,16,26H,12H2,1-3H3,(H,27,29). The van der Waals surface area contributed by atoms with E-state index in [4.69, 9.17) is 0 Å². The average molecular weight is 404 g/mol. The number of carbonyl (C=O) groups is 1. The number of likely N-dealkylation sites (N-methyl/N-ethyl adjacent to an activating group) is 1. The van der Waals surface area contributed by atoms with Gasteiger partial charge in [-0.15, -0.1) is 0 Å². The first-order valence-electron chi connectivity index (χ1n) is 9.21. The van der Waals surface area contributed by atoms with Crippen LogP contribution in [0.4, 0.5) is 30.2 Å². The van der Waals surface area contributed by atoms with Crippen LogP contribution in [0.15, 0.2) is 47.5 Å². The molecule has 2 aromatic rings. The van der Waals surface area contributed by atoms with Crippen molar-refractivity contribution in [3.63, 3.8) is 0 Å². The number of anilines is 2. The quantitative estimate of drug-likeness (QED) is 0.697. The van der Waals surface area contributed by atoms with Gasteiger partial charge in [0.25, 0.3) is 0 Å². The molecule has 2 atom stereocenters. The number of benzene rings is 2. The second kappa shape index (κ2) is 8.24. The molecule has 0 spiro atoms. The van der Waals surface area contributed by atoms with Crippen LogP contribution in [0.25, 0.3) is 0 Å². The van der Waals surface area contributed by atoms with Crippen molar-refractivity contribution in [3.05, 3.63) is 53.6 Å². The predicted octanol–water partition coefficient (Wildman–Crippen LogP) is 4.51. The average Bonchev–Trinajstić information content (AvgIpc) is 2.94. The number of aliphatic imine (C=N–C) groups is 1. The van der Waals surface area contributed by atoms with E-state index in [9.17, 15) is 18.0 Å². The lowest BCUT2D eigenvalue weighted by Crippen LogP contribution is -2.30. The van der Waals surface area contributed by atoms with E-state index in [1.165, 1.54) is 18.3 Å². The fourth-order valence-corrected chi connectivity index (χ4v) is 3.37. The van der Waals surface area contributed by atoms with E-state index in [-0.39, 0.29) is 23.3 Å². The van der Waals surface area contributed by atoms with Gasteiger partial charge in [-0.3, -0.25) is 9.79 Å². The van der Waals surface area contributed by atoms with Gasteiger partial charge in [0.1, 0.15) is 5.92 Å². The van der Waals surface area contributed by atoms with E-state index in [0.717, 1.165) is 11.6 Å².